The minimum Gasteiger partial charge on any atom is -0.311 e. The molecule has 0 fully saturated rings. The molecule has 0 radical (unpaired) electrons. The van der Waals surface area contributed by atoms with E-state index >= 15 is 0 Å². The third kappa shape index (κ3) is 7.02. The van der Waals surface area contributed by atoms with Gasteiger partial charge in [-0.2, -0.15) is 0 Å². The summed E-state index contributed by atoms with van der Waals surface area (Å²) in [5.74, 6) is 0. The standard InChI is InChI=1S/C64H44N2/c1-5-17-45(18-6-1)48-29-36-54(37-30-48)65(55-38-31-49(32-39-55)46-19-7-2-8-20-46)56-40-34-50(35-41-56)60-44-61-62(51-22-9-3-10-23-51)63(52-24-11-4-12-25-52)66(64(61)59-28-16-15-27-58(59)60)57-42-33-47-21-13-14-26-53(47)43-57/h1-44H. The number of nitrogens with zero attached hydrogens (tertiary/aromatic N) is 2. The van der Waals surface area contributed by atoms with Gasteiger partial charge in [-0.25, -0.2) is 0 Å². The van der Waals surface area contributed by atoms with Crippen molar-refractivity contribution >= 4 is 49.5 Å². The van der Waals surface area contributed by atoms with Crippen LogP contribution >= 0.6 is 0 Å². The van der Waals surface area contributed by atoms with Gasteiger partial charge in [0, 0.05) is 39.1 Å². The van der Waals surface area contributed by atoms with E-state index in [2.05, 4.69) is 276 Å². The highest BCUT2D eigenvalue weighted by atomic mass is 15.1. The molecule has 0 aliphatic carbocycles. The van der Waals surface area contributed by atoms with Crippen molar-refractivity contribution in [1.82, 2.24) is 4.57 Å². The van der Waals surface area contributed by atoms with Gasteiger partial charge in [-0.05, 0) is 115 Å². The first-order chi connectivity index (χ1) is 32.7. The Morgan fingerprint density at radius 2 is 0.697 bits per heavy atom. The zero-order chi connectivity index (χ0) is 43.8. The average Bonchev–Trinajstić information content (AvgIpc) is 3.75. The molecule has 2 heteroatoms. The molecule has 0 aliphatic heterocycles. The van der Waals surface area contributed by atoms with Crippen molar-refractivity contribution in [2.75, 3.05) is 4.90 Å². The van der Waals surface area contributed by atoms with Crippen LogP contribution < -0.4 is 4.90 Å². The second-order valence-corrected chi connectivity index (χ2v) is 16.9. The first-order valence-electron chi connectivity index (χ1n) is 22.7. The summed E-state index contributed by atoms with van der Waals surface area (Å²) < 4.78 is 2.51. The average molecular weight is 841 g/mol. The van der Waals surface area contributed by atoms with Crippen LogP contribution in [0.5, 0.6) is 0 Å². The Labute approximate surface area is 385 Å². The maximum absolute atomic E-state index is 2.51. The van der Waals surface area contributed by atoms with E-state index in [0.717, 1.165) is 28.3 Å². The Hall–Kier alpha value is -8.72. The van der Waals surface area contributed by atoms with Gasteiger partial charge >= 0.3 is 0 Å². The topological polar surface area (TPSA) is 8.17 Å². The minimum absolute atomic E-state index is 1.09. The Morgan fingerprint density at radius 3 is 1.24 bits per heavy atom. The van der Waals surface area contributed by atoms with Gasteiger partial charge in [0.25, 0.3) is 0 Å². The lowest BCUT2D eigenvalue weighted by atomic mass is 9.92. The van der Waals surface area contributed by atoms with Gasteiger partial charge in [0.05, 0.1) is 11.2 Å². The van der Waals surface area contributed by atoms with Gasteiger partial charge in [0.15, 0.2) is 0 Å². The molecule has 1 aromatic heterocycles. The quantitative estimate of drug-likeness (QED) is 0.141. The van der Waals surface area contributed by atoms with Crippen LogP contribution in [0.15, 0.2) is 267 Å². The van der Waals surface area contributed by atoms with E-state index in [-0.39, 0.29) is 0 Å². The lowest BCUT2D eigenvalue weighted by Crippen LogP contribution is -2.09. The Bertz CT molecular complexity index is 3550. The van der Waals surface area contributed by atoms with Gasteiger partial charge in [-0.3, -0.25) is 0 Å². The zero-order valence-corrected chi connectivity index (χ0v) is 36.3. The van der Waals surface area contributed by atoms with Crippen molar-refractivity contribution in [2.45, 2.75) is 0 Å². The molecule has 12 aromatic rings. The summed E-state index contributed by atoms with van der Waals surface area (Å²) >= 11 is 0. The molecule has 0 amide bonds. The molecule has 1 heterocycles. The maximum atomic E-state index is 2.51. The fraction of sp³-hybridized carbons (Fsp3) is 0. The van der Waals surface area contributed by atoms with Crippen molar-refractivity contribution in [3.8, 4) is 61.5 Å². The summed E-state index contributed by atoms with van der Waals surface area (Å²) in [4.78, 5) is 2.36. The van der Waals surface area contributed by atoms with Crippen LogP contribution in [0, 0.1) is 0 Å². The second-order valence-electron chi connectivity index (χ2n) is 16.9. The predicted molar refractivity (Wildman–Crippen MR) is 280 cm³/mol. The van der Waals surface area contributed by atoms with E-state index < -0.39 is 0 Å². The second kappa shape index (κ2) is 16.8. The van der Waals surface area contributed by atoms with Crippen LogP contribution in [0.2, 0.25) is 0 Å². The van der Waals surface area contributed by atoms with E-state index in [1.807, 2.05) is 0 Å². The largest absolute Gasteiger partial charge is 0.311 e. The number of aromatic nitrogens is 1. The number of rotatable bonds is 9. The highest BCUT2D eigenvalue weighted by Gasteiger charge is 2.25. The molecule has 0 atom stereocenters. The molecule has 0 bridgehead atoms. The fourth-order valence-corrected chi connectivity index (χ4v) is 9.83. The van der Waals surface area contributed by atoms with Crippen LogP contribution in [0.3, 0.4) is 0 Å². The summed E-state index contributed by atoms with van der Waals surface area (Å²) in [5.41, 5.74) is 17.5. The molecular formula is C64H44N2. The van der Waals surface area contributed by atoms with Crippen molar-refractivity contribution in [2.24, 2.45) is 0 Å². The summed E-state index contributed by atoms with van der Waals surface area (Å²) in [6.45, 7) is 0. The summed E-state index contributed by atoms with van der Waals surface area (Å²) in [7, 11) is 0. The monoisotopic (exact) mass is 840 g/mol. The van der Waals surface area contributed by atoms with Gasteiger partial charge < -0.3 is 9.47 Å². The zero-order valence-electron chi connectivity index (χ0n) is 36.3. The van der Waals surface area contributed by atoms with Crippen molar-refractivity contribution in [3.05, 3.63) is 267 Å². The molecule has 0 saturated carbocycles. The van der Waals surface area contributed by atoms with Crippen molar-refractivity contribution in [3.63, 3.8) is 0 Å². The molecule has 0 N–H and O–H groups in total. The molecule has 0 unspecified atom stereocenters. The number of hydrogen-bond acceptors (Lipinski definition) is 1. The van der Waals surface area contributed by atoms with Crippen molar-refractivity contribution < 1.29 is 0 Å². The van der Waals surface area contributed by atoms with Crippen LogP contribution in [-0.2, 0) is 0 Å². The smallest absolute Gasteiger partial charge is 0.0620 e. The number of fused-ring (bicyclic) bond motifs is 4. The third-order valence-corrected chi connectivity index (χ3v) is 13.0. The Morgan fingerprint density at radius 1 is 0.273 bits per heavy atom. The molecular weight excluding hydrogens is 797 g/mol. The van der Waals surface area contributed by atoms with Gasteiger partial charge in [0.2, 0.25) is 0 Å². The molecule has 11 aromatic carbocycles. The lowest BCUT2D eigenvalue weighted by Gasteiger charge is -2.26. The Kier molecular flexibility index (Phi) is 9.89. The number of anilines is 3. The van der Waals surface area contributed by atoms with E-state index in [9.17, 15) is 0 Å². The van der Waals surface area contributed by atoms with Crippen molar-refractivity contribution in [1.29, 1.82) is 0 Å². The summed E-state index contributed by atoms with van der Waals surface area (Å²) in [6.07, 6.45) is 0. The molecule has 2 nitrogen and oxygen atoms in total. The van der Waals surface area contributed by atoms with Crippen LogP contribution in [0.4, 0.5) is 17.1 Å². The number of benzene rings is 11. The first kappa shape index (κ1) is 38.9. The molecule has 0 saturated heterocycles. The summed E-state index contributed by atoms with van der Waals surface area (Å²) in [5, 5.41) is 6.07. The predicted octanol–water partition coefficient (Wildman–Crippen LogP) is 17.7. The third-order valence-electron chi connectivity index (χ3n) is 13.0. The SMILES string of the molecule is c1ccc(-c2ccc(N(c3ccc(-c4ccccc4)cc3)c3ccc(-c4cc5c(-c6ccccc6)c(-c6ccccc6)n(-c6ccc7ccccc7c6)c5c5ccccc45)cc3)cc2)cc1. The normalized spacial score (nSPS) is 11.3. The van der Waals surface area contributed by atoms with Gasteiger partial charge in [-0.15, -0.1) is 0 Å². The first-order valence-corrected chi connectivity index (χ1v) is 22.7. The minimum atomic E-state index is 1.09. The fourth-order valence-electron chi connectivity index (χ4n) is 9.83. The highest BCUT2D eigenvalue weighted by Crippen LogP contribution is 2.48. The van der Waals surface area contributed by atoms with E-state index in [1.165, 1.54) is 82.6 Å². The van der Waals surface area contributed by atoms with Crippen LogP contribution in [-0.4, -0.2) is 4.57 Å². The molecule has 12 rings (SSSR count). The molecule has 66 heavy (non-hydrogen) atoms. The van der Waals surface area contributed by atoms with Crippen LogP contribution in [0.1, 0.15) is 0 Å². The number of hydrogen-bond donors (Lipinski definition) is 0. The molecule has 0 aliphatic rings. The van der Waals surface area contributed by atoms with E-state index in [1.54, 1.807) is 0 Å². The van der Waals surface area contributed by atoms with Gasteiger partial charge in [-0.1, -0.05) is 212 Å². The van der Waals surface area contributed by atoms with E-state index in [4.69, 9.17) is 0 Å². The maximum Gasteiger partial charge on any atom is 0.0620 e. The molecule has 310 valence electrons. The lowest BCUT2D eigenvalue weighted by molar-refractivity contribution is 1.14. The molecule has 0 spiro atoms. The van der Waals surface area contributed by atoms with Gasteiger partial charge in [0.1, 0.15) is 0 Å². The highest BCUT2D eigenvalue weighted by molar-refractivity contribution is 6.20. The van der Waals surface area contributed by atoms with E-state index in [0.29, 0.717) is 0 Å². The Balaban J connectivity index is 1.05. The van der Waals surface area contributed by atoms with Crippen LogP contribution in [0.25, 0.3) is 93.9 Å². The summed E-state index contributed by atoms with van der Waals surface area (Å²) in [6, 6.07) is 96.9.